The molecule has 6 nitrogen and oxygen atoms in total. The van der Waals surface area contributed by atoms with Crippen molar-refractivity contribution in [3.05, 3.63) is 60.5 Å². The number of nitrogens with one attached hydrogen (secondary N) is 1. The van der Waals surface area contributed by atoms with Gasteiger partial charge in [-0.1, -0.05) is 47.6 Å². The lowest BCUT2D eigenvalue weighted by atomic mass is 10.2. The van der Waals surface area contributed by atoms with Crippen molar-refractivity contribution in [3.8, 4) is 17.1 Å². The molecule has 1 heterocycles. The minimum atomic E-state index is -0.487. The molecule has 0 spiro atoms. The summed E-state index contributed by atoms with van der Waals surface area (Å²) < 4.78 is 10.2. The molecule has 110 valence electrons. The van der Waals surface area contributed by atoms with Crippen molar-refractivity contribution in [2.45, 2.75) is 0 Å². The molecule has 0 aliphatic heterocycles. The summed E-state index contributed by atoms with van der Waals surface area (Å²) in [4.78, 5) is 16.3. The van der Waals surface area contributed by atoms with Gasteiger partial charge in [0.25, 0.3) is 0 Å². The van der Waals surface area contributed by atoms with E-state index in [4.69, 9.17) is 9.26 Å². The van der Waals surface area contributed by atoms with E-state index in [-0.39, 0.29) is 5.89 Å². The molecule has 0 radical (unpaired) electrons. The number of methoxy groups -OCH3 is 1. The third kappa shape index (κ3) is 2.80. The number of carbonyl (C=O) groups excluding carboxylic acids is 1. The average Bonchev–Trinajstić information content (AvgIpc) is 3.06. The van der Waals surface area contributed by atoms with E-state index in [2.05, 4.69) is 15.5 Å². The van der Waals surface area contributed by atoms with Crippen molar-refractivity contribution in [2.24, 2.45) is 0 Å². The number of ether oxygens (including phenoxy) is 1. The molecule has 0 aliphatic rings. The summed E-state index contributed by atoms with van der Waals surface area (Å²) in [6.07, 6.45) is 0. The summed E-state index contributed by atoms with van der Waals surface area (Å²) >= 11 is 0. The molecule has 22 heavy (non-hydrogen) atoms. The Morgan fingerprint density at radius 3 is 2.59 bits per heavy atom. The van der Waals surface area contributed by atoms with Crippen LogP contribution in [0.5, 0.6) is 5.75 Å². The Morgan fingerprint density at radius 1 is 1.09 bits per heavy atom. The van der Waals surface area contributed by atoms with Crippen molar-refractivity contribution in [3.63, 3.8) is 0 Å². The first-order valence-corrected chi connectivity index (χ1v) is 6.61. The predicted molar refractivity (Wildman–Crippen MR) is 80.7 cm³/mol. The Morgan fingerprint density at radius 2 is 1.82 bits per heavy atom. The van der Waals surface area contributed by atoms with Gasteiger partial charge in [0.15, 0.2) is 0 Å². The summed E-state index contributed by atoms with van der Waals surface area (Å²) in [6, 6.07) is 16.4. The van der Waals surface area contributed by atoms with Crippen molar-refractivity contribution < 1.29 is 14.1 Å². The summed E-state index contributed by atoms with van der Waals surface area (Å²) in [5.41, 5.74) is 1.32. The molecular weight excluding hydrogens is 282 g/mol. The number of para-hydroxylation sites is 2. The van der Waals surface area contributed by atoms with E-state index in [1.54, 1.807) is 18.2 Å². The standard InChI is InChI=1S/C16H13N3O3/c1-21-13-10-6-5-9-12(13)17-15(20)16-18-14(19-22-16)11-7-3-2-4-8-11/h2-10H,1H3,(H,17,20). The molecule has 0 aliphatic carbocycles. The summed E-state index contributed by atoms with van der Waals surface area (Å²) in [5, 5.41) is 6.50. The first kappa shape index (κ1) is 13.8. The van der Waals surface area contributed by atoms with Crippen LogP contribution in [-0.2, 0) is 0 Å². The zero-order valence-electron chi connectivity index (χ0n) is 11.8. The normalized spacial score (nSPS) is 10.2. The molecule has 3 rings (SSSR count). The Balaban J connectivity index is 1.80. The van der Waals surface area contributed by atoms with Crippen LogP contribution in [-0.4, -0.2) is 23.2 Å². The van der Waals surface area contributed by atoms with E-state index in [1.165, 1.54) is 7.11 Å². The number of hydrogen-bond donors (Lipinski definition) is 1. The fourth-order valence-electron chi connectivity index (χ4n) is 1.94. The molecule has 0 saturated carbocycles. The fraction of sp³-hybridized carbons (Fsp3) is 0.0625. The second-order valence-electron chi connectivity index (χ2n) is 4.44. The zero-order valence-corrected chi connectivity index (χ0v) is 11.8. The minimum Gasteiger partial charge on any atom is -0.495 e. The van der Waals surface area contributed by atoms with Crippen LogP contribution in [0.2, 0.25) is 0 Å². The van der Waals surface area contributed by atoms with Crippen molar-refractivity contribution in [1.82, 2.24) is 10.1 Å². The van der Waals surface area contributed by atoms with Crippen molar-refractivity contribution in [2.75, 3.05) is 12.4 Å². The third-order valence-corrected chi connectivity index (χ3v) is 3.01. The van der Waals surface area contributed by atoms with Gasteiger partial charge >= 0.3 is 11.8 Å². The van der Waals surface area contributed by atoms with E-state index < -0.39 is 5.91 Å². The highest BCUT2D eigenvalue weighted by molar-refractivity contribution is 6.02. The Labute approximate surface area is 126 Å². The highest BCUT2D eigenvalue weighted by atomic mass is 16.5. The first-order valence-electron chi connectivity index (χ1n) is 6.61. The van der Waals surface area contributed by atoms with Crippen LogP contribution >= 0.6 is 0 Å². The fourth-order valence-corrected chi connectivity index (χ4v) is 1.94. The van der Waals surface area contributed by atoms with Gasteiger partial charge in [-0.15, -0.1) is 0 Å². The van der Waals surface area contributed by atoms with Gasteiger partial charge in [-0.25, -0.2) is 0 Å². The van der Waals surface area contributed by atoms with Gasteiger partial charge in [0, 0.05) is 5.56 Å². The van der Waals surface area contributed by atoms with E-state index >= 15 is 0 Å². The number of aromatic nitrogens is 2. The Bertz CT molecular complexity index is 784. The SMILES string of the molecule is COc1ccccc1NC(=O)c1nc(-c2ccccc2)no1. The Kier molecular flexibility index (Phi) is 3.82. The number of benzene rings is 2. The van der Waals surface area contributed by atoms with Crippen LogP contribution in [0.3, 0.4) is 0 Å². The topological polar surface area (TPSA) is 77.2 Å². The van der Waals surface area contributed by atoms with Crippen LogP contribution in [0.1, 0.15) is 10.7 Å². The maximum Gasteiger partial charge on any atom is 0.316 e. The van der Waals surface area contributed by atoms with Gasteiger partial charge < -0.3 is 14.6 Å². The van der Waals surface area contributed by atoms with E-state index in [0.717, 1.165) is 5.56 Å². The molecule has 0 bridgehead atoms. The number of amides is 1. The summed E-state index contributed by atoms with van der Waals surface area (Å²) in [5.74, 6) is 0.327. The lowest BCUT2D eigenvalue weighted by molar-refractivity contribution is 0.0981. The minimum absolute atomic E-state index is 0.107. The maximum atomic E-state index is 12.2. The monoisotopic (exact) mass is 295 g/mol. The van der Waals surface area contributed by atoms with E-state index in [1.807, 2.05) is 36.4 Å². The van der Waals surface area contributed by atoms with Crippen molar-refractivity contribution in [1.29, 1.82) is 0 Å². The van der Waals surface area contributed by atoms with Gasteiger partial charge in [0.2, 0.25) is 5.82 Å². The number of carbonyl (C=O) groups is 1. The number of hydrogen-bond acceptors (Lipinski definition) is 5. The summed E-state index contributed by atoms with van der Waals surface area (Å²) in [6.45, 7) is 0. The van der Waals surface area contributed by atoms with Crippen LogP contribution < -0.4 is 10.1 Å². The van der Waals surface area contributed by atoms with Gasteiger partial charge in [0.05, 0.1) is 12.8 Å². The smallest absolute Gasteiger partial charge is 0.316 e. The molecule has 0 unspecified atom stereocenters. The number of rotatable bonds is 4. The lowest BCUT2D eigenvalue weighted by Crippen LogP contribution is -2.13. The maximum absolute atomic E-state index is 12.2. The van der Waals surface area contributed by atoms with Gasteiger partial charge in [0.1, 0.15) is 5.75 Å². The number of nitrogens with zero attached hydrogens (tertiary/aromatic N) is 2. The molecule has 1 N–H and O–H groups in total. The van der Waals surface area contributed by atoms with Crippen LogP contribution in [0.25, 0.3) is 11.4 Å². The zero-order chi connectivity index (χ0) is 15.4. The van der Waals surface area contributed by atoms with E-state index in [9.17, 15) is 4.79 Å². The molecule has 1 amide bonds. The quantitative estimate of drug-likeness (QED) is 0.800. The van der Waals surface area contributed by atoms with Crippen LogP contribution in [0.4, 0.5) is 5.69 Å². The highest BCUT2D eigenvalue weighted by Gasteiger charge is 2.17. The largest absolute Gasteiger partial charge is 0.495 e. The second-order valence-corrected chi connectivity index (χ2v) is 4.44. The first-order chi connectivity index (χ1) is 10.8. The molecule has 2 aromatic carbocycles. The van der Waals surface area contributed by atoms with Gasteiger partial charge in [-0.3, -0.25) is 4.79 Å². The number of anilines is 1. The third-order valence-electron chi connectivity index (χ3n) is 3.01. The predicted octanol–water partition coefficient (Wildman–Crippen LogP) is 3.00. The van der Waals surface area contributed by atoms with Gasteiger partial charge in [-0.2, -0.15) is 4.98 Å². The molecule has 0 saturated heterocycles. The van der Waals surface area contributed by atoms with Gasteiger partial charge in [-0.05, 0) is 12.1 Å². The molecule has 1 aromatic heterocycles. The molecular formula is C16H13N3O3. The molecule has 0 fully saturated rings. The molecule has 0 atom stereocenters. The molecule has 3 aromatic rings. The summed E-state index contributed by atoms with van der Waals surface area (Å²) in [7, 11) is 1.53. The average molecular weight is 295 g/mol. The molecule has 6 heteroatoms. The van der Waals surface area contributed by atoms with E-state index in [0.29, 0.717) is 17.3 Å². The highest BCUT2D eigenvalue weighted by Crippen LogP contribution is 2.23. The Hall–Kier alpha value is -3.15. The second kappa shape index (κ2) is 6.09. The van der Waals surface area contributed by atoms with Crippen molar-refractivity contribution >= 4 is 11.6 Å². The lowest BCUT2D eigenvalue weighted by Gasteiger charge is -2.07. The van der Waals surface area contributed by atoms with Crippen LogP contribution in [0, 0.1) is 0 Å². The van der Waals surface area contributed by atoms with Crippen LogP contribution in [0.15, 0.2) is 59.1 Å².